The van der Waals surface area contributed by atoms with E-state index in [1.165, 1.54) is 30.8 Å². The van der Waals surface area contributed by atoms with E-state index >= 15 is 0 Å². The van der Waals surface area contributed by atoms with E-state index in [4.69, 9.17) is 4.74 Å². The summed E-state index contributed by atoms with van der Waals surface area (Å²) in [5, 5.41) is 1.01. The van der Waals surface area contributed by atoms with Crippen LogP contribution in [0.4, 0.5) is 0 Å². The standard InChI is InChI=1S/C19H17N3O4/c1-21-15(11-17(23)22(2)19(21)25)12-26-18(24)10-9-14-8-7-13-5-3-4-6-16(13)20-14/h3-11H,12H2,1-2H3/b10-9+. The van der Waals surface area contributed by atoms with Crippen molar-refractivity contribution in [2.75, 3.05) is 0 Å². The lowest BCUT2D eigenvalue weighted by atomic mass is 10.2. The van der Waals surface area contributed by atoms with Crippen LogP contribution in [-0.4, -0.2) is 20.1 Å². The van der Waals surface area contributed by atoms with Gasteiger partial charge in [0.25, 0.3) is 5.56 Å². The summed E-state index contributed by atoms with van der Waals surface area (Å²) in [6.07, 6.45) is 2.81. The van der Waals surface area contributed by atoms with Crippen LogP contribution >= 0.6 is 0 Å². The maximum atomic E-state index is 11.9. The molecule has 0 bridgehead atoms. The number of esters is 1. The Morgan fingerprint density at radius 1 is 1.12 bits per heavy atom. The first kappa shape index (κ1) is 17.3. The van der Waals surface area contributed by atoms with Crippen molar-refractivity contribution in [3.63, 3.8) is 0 Å². The van der Waals surface area contributed by atoms with Crippen LogP contribution in [0.3, 0.4) is 0 Å². The fraction of sp³-hybridized carbons (Fsp3) is 0.158. The van der Waals surface area contributed by atoms with Crippen molar-refractivity contribution in [2.45, 2.75) is 6.61 Å². The molecule has 0 spiro atoms. The molecule has 0 atom stereocenters. The van der Waals surface area contributed by atoms with Crippen molar-refractivity contribution in [3.8, 4) is 0 Å². The van der Waals surface area contributed by atoms with Gasteiger partial charge >= 0.3 is 11.7 Å². The fourth-order valence-corrected chi connectivity index (χ4v) is 2.44. The Labute approximate surface area is 148 Å². The molecule has 132 valence electrons. The number of pyridine rings is 1. The lowest BCUT2D eigenvalue weighted by molar-refractivity contribution is -0.139. The molecule has 0 N–H and O–H groups in total. The lowest BCUT2D eigenvalue weighted by Crippen LogP contribution is -2.38. The summed E-state index contributed by atoms with van der Waals surface area (Å²) >= 11 is 0. The van der Waals surface area contributed by atoms with Gasteiger partial charge in [-0.1, -0.05) is 24.3 Å². The molecule has 0 amide bonds. The third kappa shape index (κ3) is 3.61. The highest BCUT2D eigenvalue weighted by Gasteiger charge is 2.07. The quantitative estimate of drug-likeness (QED) is 0.524. The first-order valence-corrected chi connectivity index (χ1v) is 7.92. The van der Waals surface area contributed by atoms with Crippen molar-refractivity contribution in [1.29, 1.82) is 0 Å². The molecule has 2 aromatic heterocycles. The minimum absolute atomic E-state index is 0.170. The minimum Gasteiger partial charge on any atom is -0.456 e. The summed E-state index contributed by atoms with van der Waals surface area (Å²) in [6.45, 7) is -0.170. The molecule has 0 unspecified atom stereocenters. The number of hydrogen-bond acceptors (Lipinski definition) is 5. The van der Waals surface area contributed by atoms with Crippen LogP contribution < -0.4 is 11.2 Å². The Bertz CT molecular complexity index is 1130. The zero-order valence-electron chi connectivity index (χ0n) is 14.4. The molecule has 0 fully saturated rings. The Balaban J connectivity index is 1.70. The van der Waals surface area contributed by atoms with E-state index < -0.39 is 17.2 Å². The smallest absolute Gasteiger partial charge is 0.331 e. The third-order valence-corrected chi connectivity index (χ3v) is 4.00. The molecule has 0 saturated carbocycles. The molecule has 2 heterocycles. The molecule has 0 radical (unpaired) electrons. The highest BCUT2D eigenvalue weighted by molar-refractivity contribution is 5.87. The first-order valence-electron chi connectivity index (χ1n) is 7.92. The molecule has 0 aliphatic heterocycles. The Hall–Kier alpha value is -3.48. The highest BCUT2D eigenvalue weighted by atomic mass is 16.5. The molecule has 1 aromatic carbocycles. The molecule has 7 heteroatoms. The van der Waals surface area contributed by atoms with Crippen LogP contribution in [0.5, 0.6) is 0 Å². The summed E-state index contributed by atoms with van der Waals surface area (Å²) in [6, 6.07) is 12.7. The van der Waals surface area contributed by atoms with Gasteiger partial charge in [-0.3, -0.25) is 13.9 Å². The predicted octanol–water partition coefficient (Wildman–Crippen LogP) is 1.39. The number of aromatic nitrogens is 3. The zero-order valence-corrected chi connectivity index (χ0v) is 14.4. The zero-order chi connectivity index (χ0) is 18.7. The number of hydrogen-bond donors (Lipinski definition) is 0. The van der Waals surface area contributed by atoms with Gasteiger partial charge in [0, 0.05) is 31.6 Å². The molecule has 0 aliphatic carbocycles. The monoisotopic (exact) mass is 351 g/mol. The maximum Gasteiger partial charge on any atom is 0.331 e. The van der Waals surface area contributed by atoms with Crippen molar-refractivity contribution in [1.82, 2.24) is 14.1 Å². The van der Waals surface area contributed by atoms with E-state index in [1.807, 2.05) is 30.3 Å². The van der Waals surface area contributed by atoms with Gasteiger partial charge in [-0.2, -0.15) is 0 Å². The second-order valence-corrected chi connectivity index (χ2v) is 5.74. The van der Waals surface area contributed by atoms with E-state index in [9.17, 15) is 14.4 Å². The van der Waals surface area contributed by atoms with E-state index in [-0.39, 0.29) is 6.61 Å². The van der Waals surface area contributed by atoms with Gasteiger partial charge in [0.05, 0.1) is 16.9 Å². The number of carbonyl (C=O) groups is 1. The van der Waals surface area contributed by atoms with Crippen molar-refractivity contribution in [2.24, 2.45) is 14.1 Å². The van der Waals surface area contributed by atoms with Crippen LogP contribution in [0, 0.1) is 0 Å². The average Bonchev–Trinajstić information content (AvgIpc) is 2.66. The number of benzene rings is 1. The van der Waals surface area contributed by atoms with Gasteiger partial charge in [-0.05, 0) is 18.2 Å². The predicted molar refractivity (Wildman–Crippen MR) is 97.5 cm³/mol. The number of fused-ring (bicyclic) bond motifs is 1. The Kier molecular flexibility index (Phi) is 4.79. The Morgan fingerprint density at radius 2 is 1.88 bits per heavy atom. The summed E-state index contributed by atoms with van der Waals surface area (Å²) in [5.74, 6) is -0.590. The van der Waals surface area contributed by atoms with Crippen LogP contribution in [0.15, 0.2) is 58.1 Å². The van der Waals surface area contributed by atoms with Crippen molar-refractivity contribution >= 4 is 22.9 Å². The second-order valence-electron chi connectivity index (χ2n) is 5.74. The second kappa shape index (κ2) is 7.18. The van der Waals surface area contributed by atoms with Gasteiger partial charge in [-0.25, -0.2) is 14.6 Å². The van der Waals surface area contributed by atoms with Gasteiger partial charge in [0.1, 0.15) is 6.61 Å². The fourth-order valence-electron chi connectivity index (χ4n) is 2.44. The maximum absolute atomic E-state index is 11.9. The topological polar surface area (TPSA) is 83.2 Å². The van der Waals surface area contributed by atoms with Gasteiger partial charge in [0.2, 0.25) is 0 Å². The minimum atomic E-state index is -0.590. The summed E-state index contributed by atoms with van der Waals surface area (Å²) in [7, 11) is 2.90. The molecule has 0 saturated heterocycles. The van der Waals surface area contributed by atoms with Crippen molar-refractivity contribution < 1.29 is 9.53 Å². The molecule has 0 aliphatic rings. The van der Waals surface area contributed by atoms with Crippen LogP contribution in [0.25, 0.3) is 17.0 Å². The SMILES string of the molecule is Cn1c(COC(=O)/C=C/c2ccc3ccccc3n2)cc(=O)n(C)c1=O. The van der Waals surface area contributed by atoms with Crippen molar-refractivity contribution in [3.05, 3.63) is 80.8 Å². The van der Waals surface area contributed by atoms with Crippen LogP contribution in [0.2, 0.25) is 0 Å². The molecule has 3 aromatic rings. The number of ether oxygens (including phenoxy) is 1. The number of rotatable bonds is 4. The van der Waals surface area contributed by atoms with E-state index in [0.717, 1.165) is 15.5 Å². The van der Waals surface area contributed by atoms with Gasteiger partial charge in [-0.15, -0.1) is 0 Å². The van der Waals surface area contributed by atoms with Gasteiger partial charge in [0.15, 0.2) is 0 Å². The summed E-state index contributed by atoms with van der Waals surface area (Å²) in [4.78, 5) is 39.8. The van der Waals surface area contributed by atoms with E-state index in [1.54, 1.807) is 12.1 Å². The average molecular weight is 351 g/mol. The Morgan fingerprint density at radius 3 is 2.69 bits per heavy atom. The molecular formula is C19H17N3O4. The van der Waals surface area contributed by atoms with E-state index in [2.05, 4.69) is 4.98 Å². The largest absolute Gasteiger partial charge is 0.456 e. The summed E-state index contributed by atoms with van der Waals surface area (Å²) < 4.78 is 7.36. The van der Waals surface area contributed by atoms with Gasteiger partial charge < -0.3 is 4.74 Å². The normalized spacial score (nSPS) is 11.2. The number of nitrogens with zero attached hydrogens (tertiary/aromatic N) is 3. The first-order chi connectivity index (χ1) is 12.5. The van der Waals surface area contributed by atoms with E-state index in [0.29, 0.717) is 11.4 Å². The summed E-state index contributed by atoms with van der Waals surface area (Å²) in [5.41, 5.74) is 0.859. The number of carbonyl (C=O) groups excluding carboxylic acids is 1. The van der Waals surface area contributed by atoms with Crippen LogP contribution in [-0.2, 0) is 30.2 Å². The highest BCUT2D eigenvalue weighted by Crippen LogP contribution is 2.12. The van der Waals surface area contributed by atoms with Crippen LogP contribution in [0.1, 0.15) is 11.4 Å². The molecule has 26 heavy (non-hydrogen) atoms. The molecular weight excluding hydrogens is 334 g/mol. The third-order valence-electron chi connectivity index (χ3n) is 4.00. The molecule has 3 rings (SSSR count). The lowest BCUT2D eigenvalue weighted by Gasteiger charge is -2.09. The molecule has 7 nitrogen and oxygen atoms in total. The number of para-hydroxylation sites is 1.